The summed E-state index contributed by atoms with van der Waals surface area (Å²) < 4.78 is 0. The number of pyridine rings is 1. The normalized spacial score (nSPS) is 11.0. The highest BCUT2D eigenvalue weighted by Gasteiger charge is 2.14. The monoisotopic (exact) mass is 319 g/mol. The fourth-order valence-electron chi connectivity index (χ4n) is 2.23. The number of hydrogen-bond acceptors (Lipinski definition) is 4. The largest absolute Gasteiger partial charge is 0.351 e. The summed E-state index contributed by atoms with van der Waals surface area (Å²) >= 11 is 1.64. The van der Waals surface area contributed by atoms with Crippen LogP contribution >= 0.6 is 11.3 Å². The van der Waals surface area contributed by atoms with Crippen LogP contribution in [0.1, 0.15) is 52.1 Å². The number of aromatic nitrogens is 2. The van der Waals surface area contributed by atoms with Crippen molar-refractivity contribution in [2.24, 2.45) is 0 Å². The first-order valence-corrected chi connectivity index (χ1v) is 8.19. The zero-order valence-corrected chi connectivity index (χ0v) is 14.1. The van der Waals surface area contributed by atoms with Crippen molar-refractivity contribution < 1.29 is 4.79 Å². The Morgan fingerprint density at radius 2 is 2.14 bits per heavy atom. The van der Waals surface area contributed by atoms with E-state index in [1.165, 1.54) is 0 Å². The van der Waals surface area contributed by atoms with E-state index >= 15 is 0 Å². The highest BCUT2D eigenvalue weighted by atomic mass is 32.1. The zero-order valence-electron chi connectivity index (χ0n) is 13.3. The van der Waals surface area contributed by atoms with Crippen LogP contribution in [-0.2, 0) is 6.42 Å². The zero-order chi connectivity index (χ0) is 16.3. The van der Waals surface area contributed by atoms with Crippen molar-refractivity contribution in [1.29, 1.82) is 0 Å². The molecule has 0 aliphatic carbocycles. The fourth-order valence-corrected chi connectivity index (χ4v) is 3.10. The molecule has 0 aliphatic heterocycles. The molecule has 0 bridgehead atoms. The molecule has 2 aromatic rings. The molecule has 2 aromatic heterocycles. The Morgan fingerprint density at radius 3 is 2.73 bits per heavy atom. The third-order valence-corrected chi connectivity index (χ3v) is 4.52. The standard InChI is InChI=1S/C16H21N3O2S/c1-9(2)16-19-12(8-22-16)5-6-17-14(20)13-10(3)7-11(4)18-15(13)21/h7-9H,5-6H2,1-4H3,(H,17,20)(H,18,21). The minimum absolute atomic E-state index is 0.187. The molecule has 118 valence electrons. The van der Waals surface area contributed by atoms with Crippen LogP contribution in [0.4, 0.5) is 0 Å². The van der Waals surface area contributed by atoms with Gasteiger partial charge in [-0.3, -0.25) is 9.59 Å². The number of aryl methyl sites for hydroxylation is 2. The summed E-state index contributed by atoms with van der Waals surface area (Å²) in [5, 5.41) is 5.92. The van der Waals surface area contributed by atoms with Gasteiger partial charge in [0.05, 0.1) is 10.7 Å². The number of carbonyl (C=O) groups excluding carboxylic acids is 1. The lowest BCUT2D eigenvalue weighted by molar-refractivity contribution is 0.0952. The molecule has 0 saturated carbocycles. The summed E-state index contributed by atoms with van der Waals surface area (Å²) in [5.74, 6) is 0.0835. The van der Waals surface area contributed by atoms with Crippen LogP contribution in [0.2, 0.25) is 0 Å². The number of thiazole rings is 1. The summed E-state index contributed by atoms with van der Waals surface area (Å²) in [4.78, 5) is 31.2. The van der Waals surface area contributed by atoms with E-state index in [1.807, 2.05) is 5.38 Å². The van der Waals surface area contributed by atoms with Crippen LogP contribution in [0.5, 0.6) is 0 Å². The molecule has 0 unspecified atom stereocenters. The molecular weight excluding hydrogens is 298 g/mol. The molecule has 2 N–H and O–H groups in total. The van der Waals surface area contributed by atoms with Gasteiger partial charge in [0, 0.05) is 30.0 Å². The average Bonchev–Trinajstić information content (AvgIpc) is 2.86. The predicted molar refractivity (Wildman–Crippen MR) is 88.8 cm³/mol. The average molecular weight is 319 g/mol. The van der Waals surface area contributed by atoms with Crippen molar-refractivity contribution in [3.63, 3.8) is 0 Å². The van der Waals surface area contributed by atoms with E-state index in [0.717, 1.165) is 16.4 Å². The van der Waals surface area contributed by atoms with Gasteiger partial charge in [-0.25, -0.2) is 4.98 Å². The summed E-state index contributed by atoms with van der Waals surface area (Å²) in [5.41, 5.74) is 2.26. The van der Waals surface area contributed by atoms with Gasteiger partial charge < -0.3 is 10.3 Å². The van der Waals surface area contributed by atoms with Gasteiger partial charge in [0.1, 0.15) is 5.56 Å². The van der Waals surface area contributed by atoms with E-state index in [2.05, 4.69) is 29.1 Å². The van der Waals surface area contributed by atoms with E-state index in [4.69, 9.17) is 0 Å². The van der Waals surface area contributed by atoms with Crippen molar-refractivity contribution in [1.82, 2.24) is 15.3 Å². The topological polar surface area (TPSA) is 74.8 Å². The third-order valence-electron chi connectivity index (χ3n) is 3.32. The maximum Gasteiger partial charge on any atom is 0.261 e. The van der Waals surface area contributed by atoms with Gasteiger partial charge in [0.25, 0.3) is 11.5 Å². The Bertz CT molecular complexity index is 731. The minimum atomic E-state index is -0.342. The van der Waals surface area contributed by atoms with Crippen LogP contribution in [0, 0.1) is 13.8 Å². The molecule has 0 fully saturated rings. The summed E-state index contributed by atoms with van der Waals surface area (Å²) in [6, 6.07) is 1.80. The van der Waals surface area contributed by atoms with Gasteiger partial charge in [-0.2, -0.15) is 0 Å². The lowest BCUT2D eigenvalue weighted by Gasteiger charge is -2.07. The quantitative estimate of drug-likeness (QED) is 0.889. The summed E-state index contributed by atoms with van der Waals surface area (Å²) in [7, 11) is 0. The number of rotatable bonds is 5. The first-order chi connectivity index (χ1) is 10.4. The van der Waals surface area contributed by atoms with Gasteiger partial charge in [-0.1, -0.05) is 13.8 Å². The lowest BCUT2D eigenvalue weighted by Crippen LogP contribution is -2.32. The van der Waals surface area contributed by atoms with Gasteiger partial charge in [0.2, 0.25) is 0 Å². The summed E-state index contributed by atoms with van der Waals surface area (Å²) in [6.07, 6.45) is 0.664. The molecule has 2 rings (SSSR count). The second-order valence-electron chi connectivity index (χ2n) is 5.68. The van der Waals surface area contributed by atoms with Crippen LogP contribution < -0.4 is 10.9 Å². The molecule has 0 atom stereocenters. The Balaban J connectivity index is 1.97. The molecule has 0 aliphatic rings. The van der Waals surface area contributed by atoms with Crippen molar-refractivity contribution in [2.45, 2.75) is 40.0 Å². The number of aromatic amines is 1. The Morgan fingerprint density at radius 1 is 1.41 bits per heavy atom. The maximum atomic E-state index is 12.2. The van der Waals surface area contributed by atoms with E-state index in [-0.39, 0.29) is 17.0 Å². The smallest absolute Gasteiger partial charge is 0.261 e. The van der Waals surface area contributed by atoms with Gasteiger partial charge >= 0.3 is 0 Å². The predicted octanol–water partition coefficient (Wildman–Crippen LogP) is 2.54. The van der Waals surface area contributed by atoms with E-state index in [1.54, 1.807) is 31.3 Å². The van der Waals surface area contributed by atoms with Crippen molar-refractivity contribution >= 4 is 17.2 Å². The van der Waals surface area contributed by atoms with Gasteiger partial charge in [-0.05, 0) is 25.5 Å². The minimum Gasteiger partial charge on any atom is -0.351 e. The van der Waals surface area contributed by atoms with E-state index < -0.39 is 0 Å². The van der Waals surface area contributed by atoms with Crippen molar-refractivity contribution in [3.05, 3.63) is 49.3 Å². The van der Waals surface area contributed by atoms with Crippen molar-refractivity contribution in [3.8, 4) is 0 Å². The lowest BCUT2D eigenvalue weighted by atomic mass is 10.1. The van der Waals surface area contributed by atoms with E-state index in [0.29, 0.717) is 24.4 Å². The molecule has 0 radical (unpaired) electrons. The second kappa shape index (κ2) is 6.87. The Labute approximate surface area is 133 Å². The maximum absolute atomic E-state index is 12.2. The van der Waals surface area contributed by atoms with Crippen LogP contribution in [0.25, 0.3) is 0 Å². The first-order valence-electron chi connectivity index (χ1n) is 7.31. The fraction of sp³-hybridized carbons (Fsp3) is 0.438. The number of amides is 1. The first kappa shape index (κ1) is 16.4. The number of hydrogen-bond donors (Lipinski definition) is 2. The van der Waals surface area contributed by atoms with Gasteiger partial charge in [0.15, 0.2) is 0 Å². The number of H-pyrrole nitrogens is 1. The number of carbonyl (C=O) groups is 1. The molecule has 2 heterocycles. The van der Waals surface area contributed by atoms with Crippen LogP contribution in [0.3, 0.4) is 0 Å². The molecular formula is C16H21N3O2S. The number of nitrogens with zero attached hydrogens (tertiary/aromatic N) is 1. The molecule has 0 saturated heterocycles. The SMILES string of the molecule is Cc1cc(C)c(C(=O)NCCc2csc(C(C)C)n2)c(=O)[nH]1. The molecule has 1 amide bonds. The second-order valence-corrected chi connectivity index (χ2v) is 6.57. The Kier molecular flexibility index (Phi) is 5.13. The van der Waals surface area contributed by atoms with Crippen LogP contribution in [0.15, 0.2) is 16.2 Å². The third kappa shape index (κ3) is 3.82. The molecule has 0 spiro atoms. The van der Waals surface area contributed by atoms with Crippen molar-refractivity contribution in [2.75, 3.05) is 6.54 Å². The molecule has 6 heteroatoms. The van der Waals surface area contributed by atoms with E-state index in [9.17, 15) is 9.59 Å². The highest BCUT2D eigenvalue weighted by molar-refractivity contribution is 7.09. The molecule has 22 heavy (non-hydrogen) atoms. The molecule has 0 aromatic carbocycles. The van der Waals surface area contributed by atoms with Gasteiger partial charge in [-0.15, -0.1) is 11.3 Å². The molecule has 5 nitrogen and oxygen atoms in total. The highest BCUT2D eigenvalue weighted by Crippen LogP contribution is 2.19. The Hall–Kier alpha value is -1.95. The number of nitrogens with one attached hydrogen (secondary N) is 2. The van der Waals surface area contributed by atoms with Crippen LogP contribution in [-0.4, -0.2) is 22.4 Å². The summed E-state index contributed by atoms with van der Waals surface area (Å²) in [6.45, 7) is 8.25.